The van der Waals surface area contributed by atoms with Crippen LogP contribution in [0, 0.1) is 6.92 Å². The van der Waals surface area contributed by atoms with Crippen molar-refractivity contribution in [1.29, 1.82) is 0 Å². The quantitative estimate of drug-likeness (QED) is 0.337. The van der Waals surface area contributed by atoms with Crippen LogP contribution in [0.15, 0.2) is 53.6 Å². The summed E-state index contributed by atoms with van der Waals surface area (Å²) in [7, 11) is 0. The second-order valence-corrected chi connectivity index (χ2v) is 5.87. The minimum Gasteiger partial charge on any atom is -0.494 e. The minimum atomic E-state index is 0.455. The summed E-state index contributed by atoms with van der Waals surface area (Å²) in [6.07, 6.45) is 3.92. The lowest BCUT2D eigenvalue weighted by Gasteiger charge is -2.07. The summed E-state index contributed by atoms with van der Waals surface area (Å²) >= 11 is 5.22. The SMILES string of the molecule is CCCCOc1ccc(/C=N\NC(=S)Nc2cccc(C)c2)cc1. The number of anilines is 1. The fourth-order valence-corrected chi connectivity index (χ4v) is 2.20. The number of hydrogen-bond donors (Lipinski definition) is 2. The highest BCUT2D eigenvalue weighted by atomic mass is 32.1. The highest BCUT2D eigenvalue weighted by Crippen LogP contribution is 2.12. The van der Waals surface area contributed by atoms with Crippen LogP contribution in [0.4, 0.5) is 5.69 Å². The number of hydrazone groups is 1. The monoisotopic (exact) mass is 341 g/mol. The Hall–Kier alpha value is -2.40. The molecule has 0 bridgehead atoms. The van der Waals surface area contributed by atoms with Gasteiger partial charge in [0.1, 0.15) is 5.75 Å². The van der Waals surface area contributed by atoms with Crippen molar-refractivity contribution in [1.82, 2.24) is 5.43 Å². The molecule has 2 rings (SSSR count). The number of hydrogen-bond acceptors (Lipinski definition) is 3. The van der Waals surface area contributed by atoms with Crippen molar-refractivity contribution in [3.05, 3.63) is 59.7 Å². The molecule has 0 heterocycles. The van der Waals surface area contributed by atoms with Crippen LogP contribution in [0.25, 0.3) is 0 Å². The molecule has 0 saturated heterocycles. The number of ether oxygens (including phenoxy) is 1. The third-order valence-corrected chi connectivity index (χ3v) is 3.50. The van der Waals surface area contributed by atoms with Crippen LogP contribution in [0.3, 0.4) is 0 Å². The number of nitrogens with one attached hydrogen (secondary N) is 2. The number of rotatable bonds is 7. The maximum atomic E-state index is 5.63. The Balaban J connectivity index is 1.79. The molecule has 0 atom stereocenters. The van der Waals surface area contributed by atoms with Crippen LogP contribution in [-0.4, -0.2) is 17.9 Å². The summed E-state index contributed by atoms with van der Waals surface area (Å²) in [5.41, 5.74) is 5.90. The zero-order valence-corrected chi connectivity index (χ0v) is 14.9. The van der Waals surface area contributed by atoms with E-state index in [2.05, 4.69) is 22.8 Å². The highest BCUT2D eigenvalue weighted by Gasteiger charge is 1.97. The summed E-state index contributed by atoms with van der Waals surface area (Å²) in [6.45, 7) is 4.94. The first-order valence-corrected chi connectivity index (χ1v) is 8.48. The Morgan fingerprint density at radius 1 is 1.21 bits per heavy atom. The van der Waals surface area contributed by atoms with E-state index in [4.69, 9.17) is 17.0 Å². The van der Waals surface area contributed by atoms with Gasteiger partial charge in [0.15, 0.2) is 5.11 Å². The van der Waals surface area contributed by atoms with Crippen LogP contribution < -0.4 is 15.5 Å². The lowest BCUT2D eigenvalue weighted by molar-refractivity contribution is 0.309. The number of nitrogens with zero attached hydrogens (tertiary/aromatic N) is 1. The molecule has 2 aromatic carbocycles. The molecule has 4 nitrogen and oxygen atoms in total. The zero-order chi connectivity index (χ0) is 17.2. The first-order chi connectivity index (χ1) is 11.7. The molecular formula is C19H23N3OS. The molecule has 0 aromatic heterocycles. The van der Waals surface area contributed by atoms with Gasteiger partial charge in [0.2, 0.25) is 0 Å². The molecule has 0 fully saturated rings. The van der Waals surface area contributed by atoms with Crippen molar-refractivity contribution in [3.63, 3.8) is 0 Å². The maximum Gasteiger partial charge on any atom is 0.191 e. The summed E-state index contributed by atoms with van der Waals surface area (Å²) in [5.74, 6) is 0.880. The van der Waals surface area contributed by atoms with Gasteiger partial charge in [0.05, 0.1) is 12.8 Å². The summed E-state index contributed by atoms with van der Waals surface area (Å²) in [4.78, 5) is 0. The Morgan fingerprint density at radius 2 is 2.00 bits per heavy atom. The fraction of sp³-hybridized carbons (Fsp3) is 0.263. The van der Waals surface area contributed by atoms with E-state index in [9.17, 15) is 0 Å². The molecule has 2 aromatic rings. The van der Waals surface area contributed by atoms with Crippen molar-refractivity contribution >= 4 is 29.2 Å². The number of aryl methyl sites for hydroxylation is 1. The Bertz CT molecular complexity index is 683. The second kappa shape index (κ2) is 9.67. The molecule has 126 valence electrons. The van der Waals surface area contributed by atoms with Gasteiger partial charge in [-0.15, -0.1) is 0 Å². The normalized spacial score (nSPS) is 10.6. The standard InChI is InChI=1S/C19H23N3OS/c1-3-4-12-23-18-10-8-16(9-11-18)14-20-22-19(24)21-17-7-5-6-15(2)13-17/h5-11,13-14H,3-4,12H2,1-2H3,(H2,21,22,24)/b20-14-. The van der Waals surface area contributed by atoms with Crippen LogP contribution in [0.2, 0.25) is 0 Å². The predicted molar refractivity (Wildman–Crippen MR) is 105 cm³/mol. The predicted octanol–water partition coefficient (Wildman–Crippen LogP) is 4.49. The van der Waals surface area contributed by atoms with E-state index in [1.807, 2.05) is 55.5 Å². The third kappa shape index (κ3) is 6.38. The van der Waals surface area contributed by atoms with Crippen LogP contribution >= 0.6 is 12.2 Å². The van der Waals surface area contributed by atoms with Gasteiger partial charge in [-0.3, -0.25) is 5.43 Å². The van der Waals surface area contributed by atoms with E-state index in [1.54, 1.807) is 6.21 Å². The summed E-state index contributed by atoms with van der Waals surface area (Å²) in [6, 6.07) is 15.8. The van der Waals surface area contributed by atoms with Gasteiger partial charge in [-0.05, 0) is 73.1 Å². The lowest BCUT2D eigenvalue weighted by Crippen LogP contribution is -2.23. The Kier molecular flexibility index (Phi) is 7.23. The highest BCUT2D eigenvalue weighted by molar-refractivity contribution is 7.80. The smallest absolute Gasteiger partial charge is 0.191 e. The van der Waals surface area contributed by atoms with Crippen LogP contribution in [0.5, 0.6) is 5.75 Å². The van der Waals surface area contributed by atoms with E-state index in [1.165, 1.54) is 5.56 Å². The lowest BCUT2D eigenvalue weighted by atomic mass is 10.2. The Morgan fingerprint density at radius 3 is 2.71 bits per heavy atom. The van der Waals surface area contributed by atoms with Gasteiger partial charge in [0, 0.05) is 5.69 Å². The van der Waals surface area contributed by atoms with Crippen molar-refractivity contribution in [2.24, 2.45) is 5.10 Å². The third-order valence-electron chi connectivity index (χ3n) is 3.30. The molecule has 0 radical (unpaired) electrons. The first-order valence-electron chi connectivity index (χ1n) is 8.07. The van der Waals surface area contributed by atoms with Crippen molar-refractivity contribution in [3.8, 4) is 5.75 Å². The number of thiocarbonyl (C=S) groups is 1. The van der Waals surface area contributed by atoms with Crippen LogP contribution in [-0.2, 0) is 0 Å². The Labute approximate surface area is 148 Å². The molecule has 0 aliphatic heterocycles. The first kappa shape index (κ1) is 17.9. The average Bonchev–Trinajstić information content (AvgIpc) is 2.56. The molecule has 5 heteroatoms. The van der Waals surface area contributed by atoms with Crippen molar-refractivity contribution < 1.29 is 4.74 Å². The average molecular weight is 341 g/mol. The molecule has 0 aliphatic rings. The van der Waals surface area contributed by atoms with Gasteiger partial charge in [-0.2, -0.15) is 5.10 Å². The molecule has 0 spiro atoms. The van der Waals surface area contributed by atoms with E-state index >= 15 is 0 Å². The van der Waals surface area contributed by atoms with E-state index in [0.717, 1.165) is 36.4 Å². The van der Waals surface area contributed by atoms with E-state index in [0.29, 0.717) is 5.11 Å². The zero-order valence-electron chi connectivity index (χ0n) is 14.1. The molecule has 0 aliphatic carbocycles. The number of unbranched alkanes of at least 4 members (excludes halogenated alkanes) is 1. The molecule has 24 heavy (non-hydrogen) atoms. The van der Waals surface area contributed by atoms with E-state index in [-0.39, 0.29) is 0 Å². The topological polar surface area (TPSA) is 45.6 Å². The van der Waals surface area contributed by atoms with Crippen LogP contribution in [0.1, 0.15) is 30.9 Å². The van der Waals surface area contributed by atoms with Gasteiger partial charge < -0.3 is 10.1 Å². The van der Waals surface area contributed by atoms with Gasteiger partial charge in [-0.1, -0.05) is 25.5 Å². The molecule has 2 N–H and O–H groups in total. The van der Waals surface area contributed by atoms with E-state index < -0.39 is 0 Å². The number of benzene rings is 2. The van der Waals surface area contributed by atoms with Gasteiger partial charge in [0.25, 0.3) is 0 Å². The van der Waals surface area contributed by atoms with Gasteiger partial charge >= 0.3 is 0 Å². The van der Waals surface area contributed by atoms with Crippen molar-refractivity contribution in [2.45, 2.75) is 26.7 Å². The molecule has 0 unspecified atom stereocenters. The van der Waals surface area contributed by atoms with Gasteiger partial charge in [-0.25, -0.2) is 0 Å². The summed E-state index contributed by atoms with van der Waals surface area (Å²) < 4.78 is 5.63. The second-order valence-electron chi connectivity index (χ2n) is 5.46. The van der Waals surface area contributed by atoms with Crippen molar-refractivity contribution in [2.75, 3.05) is 11.9 Å². The molecule has 0 amide bonds. The molecular weight excluding hydrogens is 318 g/mol. The largest absolute Gasteiger partial charge is 0.494 e. The maximum absolute atomic E-state index is 5.63. The summed E-state index contributed by atoms with van der Waals surface area (Å²) in [5, 5.41) is 7.69. The molecule has 0 saturated carbocycles. The fourth-order valence-electron chi connectivity index (χ4n) is 2.03. The minimum absolute atomic E-state index is 0.455.